The average molecular weight is 294 g/mol. The summed E-state index contributed by atoms with van der Waals surface area (Å²) in [6.07, 6.45) is 4.97. The SMILES string of the molecule is Cc1cc(C)cc(Nc2cc(C3CC3)nc(NC3CC3)n2)c1. The van der Waals surface area contributed by atoms with E-state index >= 15 is 0 Å². The van der Waals surface area contributed by atoms with Crippen LogP contribution in [0.3, 0.4) is 0 Å². The molecule has 1 aromatic carbocycles. The van der Waals surface area contributed by atoms with Gasteiger partial charge in [0.2, 0.25) is 5.95 Å². The van der Waals surface area contributed by atoms with Crippen LogP contribution in [-0.2, 0) is 0 Å². The van der Waals surface area contributed by atoms with Crippen molar-refractivity contribution in [3.63, 3.8) is 0 Å². The summed E-state index contributed by atoms with van der Waals surface area (Å²) in [7, 11) is 0. The molecule has 0 unspecified atom stereocenters. The Labute approximate surface area is 131 Å². The summed E-state index contributed by atoms with van der Waals surface area (Å²) in [5.74, 6) is 2.30. The van der Waals surface area contributed by atoms with Crippen LogP contribution in [0, 0.1) is 13.8 Å². The van der Waals surface area contributed by atoms with E-state index in [-0.39, 0.29) is 0 Å². The zero-order valence-corrected chi connectivity index (χ0v) is 13.2. The predicted molar refractivity (Wildman–Crippen MR) is 89.9 cm³/mol. The highest BCUT2D eigenvalue weighted by Gasteiger charge is 2.27. The zero-order chi connectivity index (χ0) is 15.1. The molecule has 1 aromatic heterocycles. The van der Waals surface area contributed by atoms with Crippen LogP contribution in [0.1, 0.15) is 48.4 Å². The van der Waals surface area contributed by atoms with E-state index in [0.717, 1.165) is 17.5 Å². The Morgan fingerprint density at radius 3 is 2.27 bits per heavy atom. The van der Waals surface area contributed by atoms with Gasteiger partial charge in [-0.2, -0.15) is 4.98 Å². The third-order valence-electron chi connectivity index (χ3n) is 4.15. The normalized spacial score (nSPS) is 17.4. The minimum atomic E-state index is 0.573. The third-order valence-corrected chi connectivity index (χ3v) is 4.15. The molecule has 0 saturated heterocycles. The van der Waals surface area contributed by atoms with Crippen LogP contribution < -0.4 is 10.6 Å². The minimum Gasteiger partial charge on any atom is -0.351 e. The van der Waals surface area contributed by atoms with Gasteiger partial charge in [0.15, 0.2) is 0 Å². The van der Waals surface area contributed by atoms with Gasteiger partial charge >= 0.3 is 0 Å². The van der Waals surface area contributed by atoms with E-state index in [1.54, 1.807) is 0 Å². The Balaban J connectivity index is 1.62. The van der Waals surface area contributed by atoms with Crippen LogP contribution in [0.5, 0.6) is 0 Å². The number of aryl methyl sites for hydroxylation is 2. The predicted octanol–water partition coefficient (Wildman–Crippen LogP) is 4.29. The fourth-order valence-corrected chi connectivity index (χ4v) is 2.79. The fourth-order valence-electron chi connectivity index (χ4n) is 2.79. The van der Waals surface area contributed by atoms with Crippen molar-refractivity contribution in [1.82, 2.24) is 9.97 Å². The Hall–Kier alpha value is -2.10. The lowest BCUT2D eigenvalue weighted by atomic mass is 10.1. The lowest BCUT2D eigenvalue weighted by molar-refractivity contribution is 0.968. The molecular formula is C18H22N4. The van der Waals surface area contributed by atoms with Crippen LogP contribution in [0.25, 0.3) is 0 Å². The molecule has 0 bridgehead atoms. The van der Waals surface area contributed by atoms with Gasteiger partial charge in [-0.15, -0.1) is 0 Å². The molecule has 0 spiro atoms. The van der Waals surface area contributed by atoms with E-state index in [4.69, 9.17) is 4.98 Å². The average Bonchev–Trinajstić information content (AvgIpc) is 3.32. The number of nitrogens with one attached hydrogen (secondary N) is 2. The Morgan fingerprint density at radius 1 is 0.909 bits per heavy atom. The van der Waals surface area contributed by atoms with Crippen molar-refractivity contribution in [3.8, 4) is 0 Å². The molecule has 0 radical (unpaired) electrons. The largest absolute Gasteiger partial charge is 0.351 e. The van der Waals surface area contributed by atoms with Crippen LogP contribution in [0.4, 0.5) is 17.5 Å². The van der Waals surface area contributed by atoms with Crippen LogP contribution in [0.15, 0.2) is 24.3 Å². The monoisotopic (exact) mass is 294 g/mol. The first-order valence-corrected chi connectivity index (χ1v) is 8.16. The quantitative estimate of drug-likeness (QED) is 0.863. The molecule has 4 rings (SSSR count). The van der Waals surface area contributed by atoms with Crippen molar-refractivity contribution in [2.24, 2.45) is 0 Å². The maximum Gasteiger partial charge on any atom is 0.225 e. The van der Waals surface area contributed by atoms with Crippen LogP contribution >= 0.6 is 0 Å². The molecule has 2 fully saturated rings. The van der Waals surface area contributed by atoms with Crippen molar-refractivity contribution < 1.29 is 0 Å². The summed E-state index contributed by atoms with van der Waals surface area (Å²) in [6.45, 7) is 4.24. The van der Waals surface area contributed by atoms with Crippen molar-refractivity contribution in [2.45, 2.75) is 51.5 Å². The summed E-state index contributed by atoms with van der Waals surface area (Å²) in [5, 5.41) is 6.88. The van der Waals surface area contributed by atoms with E-state index in [9.17, 15) is 0 Å². The molecule has 1 heterocycles. The highest BCUT2D eigenvalue weighted by molar-refractivity contribution is 5.60. The number of rotatable bonds is 5. The molecule has 0 amide bonds. The van der Waals surface area contributed by atoms with E-state index in [0.29, 0.717) is 12.0 Å². The lowest BCUT2D eigenvalue weighted by Crippen LogP contribution is -2.08. The van der Waals surface area contributed by atoms with Crippen LogP contribution in [0.2, 0.25) is 0 Å². The second kappa shape index (κ2) is 5.27. The molecule has 0 aliphatic heterocycles. The molecule has 2 aromatic rings. The molecule has 2 aliphatic carbocycles. The van der Waals surface area contributed by atoms with Crippen molar-refractivity contribution in [1.29, 1.82) is 0 Å². The van der Waals surface area contributed by atoms with Gasteiger partial charge in [0.1, 0.15) is 5.82 Å². The first-order chi connectivity index (χ1) is 10.7. The second-order valence-corrected chi connectivity index (χ2v) is 6.70. The lowest BCUT2D eigenvalue weighted by Gasteiger charge is -2.12. The molecule has 0 atom stereocenters. The summed E-state index contributed by atoms with van der Waals surface area (Å²) in [4.78, 5) is 9.34. The minimum absolute atomic E-state index is 0.573. The van der Waals surface area contributed by atoms with Gasteiger partial charge in [-0.1, -0.05) is 6.07 Å². The molecule has 2 saturated carbocycles. The number of nitrogens with zero attached hydrogens (tertiary/aromatic N) is 2. The molecule has 22 heavy (non-hydrogen) atoms. The summed E-state index contributed by atoms with van der Waals surface area (Å²) in [5.41, 5.74) is 4.78. The smallest absolute Gasteiger partial charge is 0.225 e. The van der Waals surface area contributed by atoms with Gasteiger partial charge < -0.3 is 10.6 Å². The van der Waals surface area contributed by atoms with Crippen molar-refractivity contribution >= 4 is 17.5 Å². The van der Waals surface area contributed by atoms with Gasteiger partial charge in [0, 0.05) is 23.7 Å². The topological polar surface area (TPSA) is 49.8 Å². The molecule has 2 N–H and O–H groups in total. The second-order valence-electron chi connectivity index (χ2n) is 6.70. The molecule has 114 valence electrons. The first-order valence-electron chi connectivity index (χ1n) is 8.16. The Bertz CT molecular complexity index is 682. The van der Waals surface area contributed by atoms with Gasteiger partial charge in [0.25, 0.3) is 0 Å². The standard InChI is InChI=1S/C18H22N4/c1-11-7-12(2)9-15(8-11)19-17-10-16(13-3-4-13)21-18(22-17)20-14-5-6-14/h7-10,13-14H,3-6H2,1-2H3,(H2,19,20,21,22). The number of hydrogen-bond acceptors (Lipinski definition) is 4. The zero-order valence-electron chi connectivity index (χ0n) is 13.2. The van der Waals surface area contributed by atoms with Gasteiger partial charge in [-0.25, -0.2) is 4.98 Å². The Morgan fingerprint density at radius 2 is 1.64 bits per heavy atom. The maximum atomic E-state index is 4.69. The number of hydrogen-bond donors (Lipinski definition) is 2. The molecular weight excluding hydrogens is 272 g/mol. The van der Waals surface area contributed by atoms with Gasteiger partial charge in [-0.05, 0) is 62.8 Å². The van der Waals surface area contributed by atoms with Gasteiger partial charge in [-0.3, -0.25) is 0 Å². The van der Waals surface area contributed by atoms with Gasteiger partial charge in [0.05, 0.1) is 5.69 Å². The summed E-state index contributed by atoms with van der Waals surface area (Å²) in [6, 6.07) is 9.16. The van der Waals surface area contributed by atoms with E-state index in [1.165, 1.54) is 42.5 Å². The summed E-state index contributed by atoms with van der Waals surface area (Å²) >= 11 is 0. The number of benzene rings is 1. The third kappa shape index (κ3) is 3.21. The van der Waals surface area contributed by atoms with E-state index in [2.05, 4.69) is 53.7 Å². The molecule has 4 nitrogen and oxygen atoms in total. The first kappa shape index (κ1) is 13.6. The Kier molecular flexibility index (Phi) is 3.25. The highest BCUT2D eigenvalue weighted by Crippen LogP contribution is 2.40. The molecule has 4 heteroatoms. The van der Waals surface area contributed by atoms with E-state index < -0.39 is 0 Å². The van der Waals surface area contributed by atoms with Crippen LogP contribution in [-0.4, -0.2) is 16.0 Å². The highest BCUT2D eigenvalue weighted by atomic mass is 15.2. The van der Waals surface area contributed by atoms with E-state index in [1.807, 2.05) is 0 Å². The maximum absolute atomic E-state index is 4.69. The van der Waals surface area contributed by atoms with Crippen molar-refractivity contribution in [3.05, 3.63) is 41.1 Å². The fraction of sp³-hybridized carbons (Fsp3) is 0.444. The number of anilines is 3. The van der Waals surface area contributed by atoms with Crippen molar-refractivity contribution in [2.75, 3.05) is 10.6 Å². The molecule has 2 aliphatic rings. The summed E-state index contributed by atoms with van der Waals surface area (Å²) < 4.78 is 0. The number of aromatic nitrogens is 2.